The molecule has 2 N–H and O–H groups in total. The summed E-state index contributed by atoms with van der Waals surface area (Å²) in [5.74, 6) is 0.759. The van der Waals surface area contributed by atoms with Crippen molar-refractivity contribution in [2.24, 2.45) is 12.1 Å². The molecular formula is C24H22N4OS. The van der Waals surface area contributed by atoms with E-state index in [9.17, 15) is 0 Å². The van der Waals surface area contributed by atoms with Crippen LogP contribution in [0.1, 0.15) is 5.56 Å². The number of hydrazone groups is 1. The van der Waals surface area contributed by atoms with Gasteiger partial charge in [0, 0.05) is 35.3 Å². The van der Waals surface area contributed by atoms with Gasteiger partial charge in [0.2, 0.25) is 0 Å². The quantitative estimate of drug-likeness (QED) is 0.269. The topological polar surface area (TPSA) is 50.6 Å². The first-order chi connectivity index (χ1) is 14.7. The third kappa shape index (κ3) is 4.04. The van der Waals surface area contributed by atoms with Crippen LogP contribution in [0, 0.1) is 0 Å². The SMILES string of the molecule is COc1cccc(NC(=S)N/N=C\c2c(-c3ccccc3)n(C)c3ccccc23)c1. The Kier molecular flexibility index (Phi) is 5.77. The van der Waals surface area contributed by atoms with Gasteiger partial charge in [0.05, 0.1) is 19.0 Å². The van der Waals surface area contributed by atoms with Gasteiger partial charge in [-0.25, -0.2) is 0 Å². The molecule has 0 radical (unpaired) electrons. The van der Waals surface area contributed by atoms with Crippen LogP contribution in [0.15, 0.2) is 84.0 Å². The first kappa shape index (κ1) is 19.7. The monoisotopic (exact) mass is 414 g/mol. The van der Waals surface area contributed by atoms with E-state index in [1.165, 1.54) is 0 Å². The van der Waals surface area contributed by atoms with Crippen molar-refractivity contribution in [3.8, 4) is 17.0 Å². The van der Waals surface area contributed by atoms with Crippen molar-refractivity contribution in [2.75, 3.05) is 12.4 Å². The Morgan fingerprint density at radius 1 is 1.00 bits per heavy atom. The number of aryl methyl sites for hydroxylation is 1. The first-order valence-electron chi connectivity index (χ1n) is 9.54. The van der Waals surface area contributed by atoms with E-state index in [1.807, 2.05) is 60.8 Å². The maximum Gasteiger partial charge on any atom is 0.191 e. The second-order valence-electron chi connectivity index (χ2n) is 6.76. The summed E-state index contributed by atoms with van der Waals surface area (Å²) >= 11 is 5.38. The smallest absolute Gasteiger partial charge is 0.191 e. The number of fused-ring (bicyclic) bond motifs is 1. The maximum absolute atomic E-state index is 5.38. The minimum absolute atomic E-state index is 0.404. The summed E-state index contributed by atoms with van der Waals surface area (Å²) in [4.78, 5) is 0. The molecule has 0 amide bonds. The Labute approximate surface area is 181 Å². The zero-order chi connectivity index (χ0) is 20.9. The molecule has 4 rings (SSSR count). The van der Waals surface area contributed by atoms with E-state index >= 15 is 0 Å². The molecule has 1 aromatic heterocycles. The molecule has 0 unspecified atom stereocenters. The van der Waals surface area contributed by atoms with Gasteiger partial charge in [0.15, 0.2) is 5.11 Å². The van der Waals surface area contributed by atoms with Crippen molar-refractivity contribution in [3.63, 3.8) is 0 Å². The minimum atomic E-state index is 0.404. The van der Waals surface area contributed by atoms with Crippen LogP contribution in [0.2, 0.25) is 0 Å². The number of para-hydroxylation sites is 1. The van der Waals surface area contributed by atoms with Crippen molar-refractivity contribution >= 4 is 40.1 Å². The van der Waals surface area contributed by atoms with Crippen molar-refractivity contribution in [2.45, 2.75) is 0 Å². The van der Waals surface area contributed by atoms with Gasteiger partial charge >= 0.3 is 0 Å². The third-order valence-electron chi connectivity index (χ3n) is 4.88. The largest absolute Gasteiger partial charge is 0.497 e. The van der Waals surface area contributed by atoms with E-state index < -0.39 is 0 Å². The lowest BCUT2D eigenvalue weighted by molar-refractivity contribution is 0.415. The Morgan fingerprint density at radius 3 is 2.57 bits per heavy atom. The third-order valence-corrected chi connectivity index (χ3v) is 5.07. The van der Waals surface area contributed by atoms with Crippen molar-refractivity contribution in [1.82, 2.24) is 9.99 Å². The second-order valence-corrected chi connectivity index (χ2v) is 7.17. The summed E-state index contributed by atoms with van der Waals surface area (Å²) in [6, 6.07) is 26.2. The molecule has 0 bridgehead atoms. The Hall–Kier alpha value is -3.64. The molecule has 3 aromatic carbocycles. The van der Waals surface area contributed by atoms with Crippen LogP contribution in [-0.2, 0) is 7.05 Å². The van der Waals surface area contributed by atoms with Crippen LogP contribution >= 0.6 is 12.2 Å². The highest BCUT2D eigenvalue weighted by molar-refractivity contribution is 7.80. The number of hydrogen-bond donors (Lipinski definition) is 2. The van der Waals surface area contributed by atoms with Crippen LogP contribution in [0.5, 0.6) is 5.75 Å². The molecule has 150 valence electrons. The number of ether oxygens (including phenoxy) is 1. The lowest BCUT2D eigenvalue weighted by Gasteiger charge is -2.08. The van der Waals surface area contributed by atoms with Gasteiger partial charge in [-0.1, -0.05) is 54.6 Å². The summed E-state index contributed by atoms with van der Waals surface area (Å²) in [7, 11) is 3.71. The van der Waals surface area contributed by atoms with E-state index in [1.54, 1.807) is 7.11 Å². The number of rotatable bonds is 5. The molecule has 0 saturated carbocycles. The van der Waals surface area contributed by atoms with E-state index in [0.29, 0.717) is 5.11 Å². The van der Waals surface area contributed by atoms with Crippen molar-refractivity contribution < 1.29 is 4.74 Å². The number of benzene rings is 3. The molecule has 0 saturated heterocycles. The van der Waals surface area contributed by atoms with Gasteiger partial charge in [-0.15, -0.1) is 0 Å². The molecule has 5 nitrogen and oxygen atoms in total. The number of nitrogens with one attached hydrogen (secondary N) is 2. The highest BCUT2D eigenvalue weighted by Gasteiger charge is 2.14. The molecule has 0 aliphatic carbocycles. The van der Waals surface area contributed by atoms with Crippen LogP contribution in [0.3, 0.4) is 0 Å². The lowest BCUT2D eigenvalue weighted by atomic mass is 10.1. The highest BCUT2D eigenvalue weighted by atomic mass is 32.1. The van der Waals surface area contributed by atoms with E-state index in [4.69, 9.17) is 17.0 Å². The minimum Gasteiger partial charge on any atom is -0.497 e. The fourth-order valence-electron chi connectivity index (χ4n) is 3.51. The number of hydrogen-bond acceptors (Lipinski definition) is 3. The zero-order valence-electron chi connectivity index (χ0n) is 16.8. The summed E-state index contributed by atoms with van der Waals surface area (Å²) in [5.41, 5.74) is 8.17. The summed E-state index contributed by atoms with van der Waals surface area (Å²) in [5, 5.41) is 9.06. The molecule has 0 atom stereocenters. The second kappa shape index (κ2) is 8.80. The molecule has 0 aliphatic rings. The predicted octanol–water partition coefficient (Wildman–Crippen LogP) is 5.17. The molecule has 0 fully saturated rings. The molecular weight excluding hydrogens is 392 g/mol. The highest BCUT2D eigenvalue weighted by Crippen LogP contribution is 2.31. The predicted molar refractivity (Wildman–Crippen MR) is 128 cm³/mol. The van der Waals surface area contributed by atoms with Gasteiger partial charge in [-0.2, -0.15) is 5.10 Å². The van der Waals surface area contributed by atoms with Gasteiger partial charge in [0.25, 0.3) is 0 Å². The lowest BCUT2D eigenvalue weighted by Crippen LogP contribution is -2.23. The molecule has 1 heterocycles. The number of methoxy groups -OCH3 is 1. The van der Waals surface area contributed by atoms with Crippen LogP contribution in [0.25, 0.3) is 22.2 Å². The number of aromatic nitrogens is 1. The average Bonchev–Trinajstić information content (AvgIpc) is 3.06. The van der Waals surface area contributed by atoms with E-state index in [2.05, 4.69) is 51.7 Å². The standard InChI is InChI=1S/C24H22N4OS/c1-28-22-14-7-6-13-20(22)21(23(28)17-9-4-3-5-10-17)16-25-27-24(30)26-18-11-8-12-19(15-18)29-2/h3-16H,1-2H3,(H2,26,27,30)/b25-16-. The summed E-state index contributed by atoms with van der Waals surface area (Å²) < 4.78 is 7.43. The number of thiocarbonyl (C=S) groups is 1. The Bertz CT molecular complexity index is 1210. The normalized spacial score (nSPS) is 11.0. The summed E-state index contributed by atoms with van der Waals surface area (Å²) in [6.45, 7) is 0. The van der Waals surface area contributed by atoms with Gasteiger partial charge in [-0.3, -0.25) is 5.43 Å². The average molecular weight is 415 g/mol. The van der Waals surface area contributed by atoms with Gasteiger partial charge in [0.1, 0.15) is 5.75 Å². The molecule has 6 heteroatoms. The van der Waals surface area contributed by atoms with Crippen molar-refractivity contribution in [1.29, 1.82) is 0 Å². The number of nitrogens with zero attached hydrogens (tertiary/aromatic N) is 2. The van der Waals surface area contributed by atoms with Gasteiger partial charge < -0.3 is 14.6 Å². The fraction of sp³-hybridized carbons (Fsp3) is 0.0833. The zero-order valence-corrected chi connectivity index (χ0v) is 17.6. The van der Waals surface area contributed by atoms with E-state index in [0.717, 1.165) is 39.2 Å². The molecule has 0 spiro atoms. The van der Waals surface area contributed by atoms with Crippen molar-refractivity contribution in [3.05, 3.63) is 84.4 Å². The first-order valence-corrected chi connectivity index (χ1v) is 9.95. The van der Waals surface area contributed by atoms with Crippen LogP contribution < -0.4 is 15.5 Å². The van der Waals surface area contributed by atoms with Crippen LogP contribution in [-0.4, -0.2) is 23.0 Å². The molecule has 30 heavy (non-hydrogen) atoms. The van der Waals surface area contributed by atoms with Crippen LogP contribution in [0.4, 0.5) is 5.69 Å². The maximum atomic E-state index is 5.38. The summed E-state index contributed by atoms with van der Waals surface area (Å²) in [6.07, 6.45) is 1.82. The molecule has 4 aromatic rings. The van der Waals surface area contributed by atoms with Gasteiger partial charge in [-0.05, 0) is 36.0 Å². The Morgan fingerprint density at radius 2 is 1.77 bits per heavy atom. The fourth-order valence-corrected chi connectivity index (χ4v) is 3.68. The molecule has 0 aliphatic heterocycles. The Balaban J connectivity index is 1.60. The number of anilines is 1. The van der Waals surface area contributed by atoms with E-state index in [-0.39, 0.29) is 0 Å².